The van der Waals surface area contributed by atoms with Crippen LogP contribution in [0.15, 0.2) is 18.2 Å². The first-order chi connectivity index (χ1) is 12.9. The summed E-state index contributed by atoms with van der Waals surface area (Å²) in [4.78, 5) is 40.4. The molecule has 7 nitrogen and oxygen atoms in total. The van der Waals surface area contributed by atoms with Gasteiger partial charge in [0.05, 0.1) is 6.54 Å². The molecule has 0 spiro atoms. The second-order valence-electron chi connectivity index (χ2n) is 8.19. The Morgan fingerprint density at radius 2 is 1.68 bits per heavy atom. The Balaban J connectivity index is 2.72. The number of hydrogen-bond acceptors (Lipinski definition) is 5. The Kier molecular flexibility index (Phi) is 8.63. The van der Waals surface area contributed by atoms with Crippen molar-refractivity contribution in [2.24, 2.45) is 0 Å². The van der Waals surface area contributed by atoms with Gasteiger partial charge in [-0.3, -0.25) is 14.4 Å². The average Bonchev–Trinajstić information content (AvgIpc) is 2.56. The van der Waals surface area contributed by atoms with Gasteiger partial charge in [-0.2, -0.15) is 0 Å². The zero-order valence-corrected chi connectivity index (χ0v) is 18.1. The van der Waals surface area contributed by atoms with Crippen molar-refractivity contribution >= 4 is 17.8 Å². The fraction of sp³-hybridized carbons (Fsp3) is 0.571. The van der Waals surface area contributed by atoms with Crippen LogP contribution < -0.4 is 5.32 Å². The fourth-order valence-electron chi connectivity index (χ4n) is 2.39. The molecule has 0 aliphatic heterocycles. The lowest BCUT2D eigenvalue weighted by molar-refractivity contribution is -0.158. The van der Waals surface area contributed by atoms with E-state index >= 15 is 0 Å². The summed E-state index contributed by atoms with van der Waals surface area (Å²) in [6.07, 6.45) is 0. The number of aryl methyl sites for hydroxylation is 2. The normalized spacial score (nSPS) is 11.3. The molecule has 0 atom stereocenters. The molecule has 0 saturated carbocycles. The van der Waals surface area contributed by atoms with Crippen LogP contribution in [0.1, 0.15) is 42.3 Å². The van der Waals surface area contributed by atoms with Crippen molar-refractivity contribution in [3.05, 3.63) is 34.9 Å². The molecule has 0 fully saturated rings. The van der Waals surface area contributed by atoms with Crippen molar-refractivity contribution in [2.45, 2.75) is 40.2 Å². The maximum absolute atomic E-state index is 12.6. The highest BCUT2D eigenvalue weighted by molar-refractivity contribution is 5.97. The van der Waals surface area contributed by atoms with Gasteiger partial charge >= 0.3 is 5.97 Å². The average molecular weight is 392 g/mol. The first-order valence-corrected chi connectivity index (χ1v) is 9.39. The predicted molar refractivity (Wildman–Crippen MR) is 109 cm³/mol. The minimum absolute atomic E-state index is 0.149. The molecule has 0 heterocycles. The Morgan fingerprint density at radius 1 is 1.04 bits per heavy atom. The van der Waals surface area contributed by atoms with E-state index in [0.717, 1.165) is 11.1 Å². The highest BCUT2D eigenvalue weighted by Gasteiger charge is 2.22. The van der Waals surface area contributed by atoms with Crippen molar-refractivity contribution in [3.8, 4) is 0 Å². The number of hydrogen-bond donors (Lipinski definition) is 1. The predicted octanol–water partition coefficient (Wildman–Crippen LogP) is 1.77. The molecule has 2 amide bonds. The smallest absolute Gasteiger partial charge is 0.326 e. The Morgan fingerprint density at radius 3 is 2.21 bits per heavy atom. The first-order valence-electron chi connectivity index (χ1n) is 9.39. The minimum Gasteiger partial charge on any atom is -0.459 e. The van der Waals surface area contributed by atoms with Crippen molar-refractivity contribution < 1.29 is 19.1 Å². The van der Waals surface area contributed by atoms with Gasteiger partial charge in [0.2, 0.25) is 5.91 Å². The molecule has 0 aliphatic rings. The number of ether oxygens (including phenoxy) is 1. The third-order valence-corrected chi connectivity index (χ3v) is 4.08. The number of esters is 1. The molecule has 1 aromatic rings. The topological polar surface area (TPSA) is 79.0 Å². The SMILES string of the molecule is Cc1ccc(C(=O)NCC(=O)N(CCN(C)C)CC(=O)OC(C)(C)C)cc1C. The van der Waals surface area contributed by atoms with Crippen LogP contribution in [0.4, 0.5) is 0 Å². The summed E-state index contributed by atoms with van der Waals surface area (Å²) in [5.74, 6) is -1.12. The number of nitrogens with zero attached hydrogens (tertiary/aromatic N) is 2. The maximum Gasteiger partial charge on any atom is 0.326 e. The highest BCUT2D eigenvalue weighted by Crippen LogP contribution is 2.10. The van der Waals surface area contributed by atoms with E-state index in [2.05, 4.69) is 5.32 Å². The summed E-state index contributed by atoms with van der Waals surface area (Å²) in [5, 5.41) is 2.64. The lowest BCUT2D eigenvalue weighted by atomic mass is 10.1. The molecular weight excluding hydrogens is 358 g/mol. The molecule has 0 aliphatic carbocycles. The Labute approximate surface area is 168 Å². The van der Waals surface area contributed by atoms with Gasteiger partial charge in [0, 0.05) is 18.7 Å². The van der Waals surface area contributed by atoms with Gasteiger partial charge in [0.1, 0.15) is 12.1 Å². The number of carbonyl (C=O) groups is 3. The third-order valence-electron chi connectivity index (χ3n) is 4.08. The zero-order valence-electron chi connectivity index (χ0n) is 18.1. The van der Waals surface area contributed by atoms with Gasteiger partial charge < -0.3 is 19.9 Å². The molecule has 0 aromatic heterocycles. The molecule has 7 heteroatoms. The lowest BCUT2D eigenvalue weighted by Crippen LogP contribution is -2.46. The van der Waals surface area contributed by atoms with E-state index in [1.54, 1.807) is 32.9 Å². The van der Waals surface area contributed by atoms with Crippen LogP contribution in [-0.4, -0.2) is 73.5 Å². The molecule has 0 saturated heterocycles. The van der Waals surface area contributed by atoms with E-state index in [9.17, 15) is 14.4 Å². The van der Waals surface area contributed by atoms with Gasteiger partial charge in [0.15, 0.2) is 0 Å². The van der Waals surface area contributed by atoms with Gasteiger partial charge in [-0.15, -0.1) is 0 Å². The number of carbonyl (C=O) groups excluding carboxylic acids is 3. The summed E-state index contributed by atoms with van der Waals surface area (Å²) in [6.45, 7) is 9.87. The van der Waals surface area contributed by atoms with Crippen molar-refractivity contribution in [3.63, 3.8) is 0 Å². The molecule has 0 unspecified atom stereocenters. The van der Waals surface area contributed by atoms with Crippen LogP contribution in [-0.2, 0) is 14.3 Å². The summed E-state index contributed by atoms with van der Waals surface area (Å²) in [6, 6.07) is 5.39. The summed E-state index contributed by atoms with van der Waals surface area (Å²) in [5.41, 5.74) is 1.99. The Hall–Kier alpha value is -2.41. The van der Waals surface area contributed by atoms with Crippen molar-refractivity contribution in [2.75, 3.05) is 40.3 Å². The monoisotopic (exact) mass is 391 g/mol. The van der Waals surface area contributed by atoms with Crippen molar-refractivity contribution in [1.29, 1.82) is 0 Å². The molecule has 0 radical (unpaired) electrons. The van der Waals surface area contributed by atoms with Crippen LogP contribution in [0.5, 0.6) is 0 Å². The number of amides is 2. The van der Waals surface area contributed by atoms with Gasteiger partial charge in [-0.05, 0) is 72.0 Å². The summed E-state index contributed by atoms with van der Waals surface area (Å²) < 4.78 is 5.31. The van der Waals surface area contributed by atoms with Gasteiger partial charge in [-0.25, -0.2) is 0 Å². The molecule has 0 bridgehead atoms. The molecular formula is C21H33N3O4. The van der Waals surface area contributed by atoms with E-state index < -0.39 is 11.6 Å². The Bertz CT molecular complexity index is 708. The fourth-order valence-corrected chi connectivity index (χ4v) is 2.39. The third kappa shape index (κ3) is 8.52. The number of rotatable bonds is 8. The summed E-state index contributed by atoms with van der Waals surface area (Å²) >= 11 is 0. The zero-order chi connectivity index (χ0) is 21.5. The van der Waals surface area contributed by atoms with E-state index in [-0.39, 0.29) is 24.9 Å². The van der Waals surface area contributed by atoms with Crippen LogP contribution in [0.2, 0.25) is 0 Å². The van der Waals surface area contributed by atoms with Gasteiger partial charge in [-0.1, -0.05) is 6.07 Å². The van der Waals surface area contributed by atoms with Crippen LogP contribution in [0, 0.1) is 13.8 Å². The second-order valence-corrected chi connectivity index (χ2v) is 8.19. The maximum atomic E-state index is 12.6. The van der Waals surface area contributed by atoms with E-state index in [1.165, 1.54) is 4.90 Å². The van der Waals surface area contributed by atoms with Crippen LogP contribution in [0.3, 0.4) is 0 Å². The standard InChI is InChI=1S/C21H33N3O4/c1-15-8-9-17(12-16(15)2)20(27)22-13-18(25)24(11-10-23(6)7)14-19(26)28-21(3,4)5/h8-9,12H,10-11,13-14H2,1-7H3,(H,22,27). The molecule has 1 aromatic carbocycles. The van der Waals surface area contributed by atoms with Gasteiger partial charge in [0.25, 0.3) is 5.91 Å². The molecule has 156 valence electrons. The molecule has 28 heavy (non-hydrogen) atoms. The van der Waals surface area contributed by atoms with E-state index in [4.69, 9.17) is 4.74 Å². The lowest BCUT2D eigenvalue weighted by Gasteiger charge is -2.26. The van der Waals surface area contributed by atoms with E-state index in [0.29, 0.717) is 18.7 Å². The highest BCUT2D eigenvalue weighted by atomic mass is 16.6. The molecule has 1 N–H and O–H groups in total. The summed E-state index contributed by atoms with van der Waals surface area (Å²) in [7, 11) is 3.77. The quantitative estimate of drug-likeness (QED) is 0.683. The van der Waals surface area contributed by atoms with E-state index in [1.807, 2.05) is 38.9 Å². The first kappa shape index (κ1) is 23.6. The minimum atomic E-state index is -0.620. The molecule has 1 rings (SSSR count). The largest absolute Gasteiger partial charge is 0.459 e. The van der Waals surface area contributed by atoms with Crippen molar-refractivity contribution in [1.82, 2.24) is 15.1 Å². The number of likely N-dealkylation sites (N-methyl/N-ethyl adjacent to an activating group) is 1. The van der Waals surface area contributed by atoms with Crippen LogP contribution in [0.25, 0.3) is 0 Å². The second kappa shape index (κ2) is 10.2. The number of benzene rings is 1. The number of nitrogens with one attached hydrogen (secondary N) is 1. The van der Waals surface area contributed by atoms with Crippen LogP contribution >= 0.6 is 0 Å².